The van der Waals surface area contributed by atoms with Crippen molar-refractivity contribution in [2.45, 2.75) is 119 Å². The molecular weight excluding hydrogens is 701 g/mol. The fourth-order valence-corrected chi connectivity index (χ4v) is 11.5. The maximum atomic E-state index is 6.58. The highest BCUT2D eigenvalue weighted by Crippen LogP contribution is 2.59. The van der Waals surface area contributed by atoms with Gasteiger partial charge in [-0.1, -0.05) is 143 Å². The number of aryl methyl sites for hydroxylation is 6. The Bertz CT molecular complexity index is 2270. The van der Waals surface area contributed by atoms with E-state index in [0.717, 1.165) is 55.7 Å². The third-order valence-electron chi connectivity index (χ3n) is 14.2. The molecule has 0 aromatic heterocycles. The van der Waals surface area contributed by atoms with Crippen LogP contribution in [0.25, 0.3) is 0 Å². The zero-order valence-electron chi connectivity index (χ0n) is 36.8. The van der Waals surface area contributed by atoms with Gasteiger partial charge in [-0.2, -0.15) is 0 Å². The third-order valence-corrected chi connectivity index (χ3v) is 14.2. The lowest BCUT2D eigenvalue weighted by Gasteiger charge is -2.41. The van der Waals surface area contributed by atoms with Crippen LogP contribution in [-0.2, 0) is 5.41 Å². The smallest absolute Gasteiger partial charge is 0.214 e. The summed E-state index contributed by atoms with van der Waals surface area (Å²) in [5, 5.41) is 0. The summed E-state index contributed by atoms with van der Waals surface area (Å²) < 4.78 is 6.58. The summed E-state index contributed by atoms with van der Waals surface area (Å²) in [6.45, 7) is 22.1. The van der Waals surface area contributed by atoms with E-state index in [1.807, 2.05) is 0 Å². The molecule has 3 heteroatoms. The summed E-state index contributed by atoms with van der Waals surface area (Å²) in [5.74, 6) is 2.66. The molecule has 3 aliphatic carbocycles. The van der Waals surface area contributed by atoms with Crippen LogP contribution in [0.1, 0.15) is 105 Å². The minimum Gasteiger partial charge on any atom is -0.455 e. The van der Waals surface area contributed by atoms with Crippen LogP contribution in [-0.4, -0.2) is 13.3 Å². The first-order chi connectivity index (χ1) is 27.9. The average Bonchev–Trinajstić information content (AvgIpc) is 3.98. The predicted octanol–water partition coefficient (Wildman–Crippen LogP) is 13.3. The second kappa shape index (κ2) is 16.1. The number of anilines is 2. The molecule has 0 radical (unpaired) electrons. The number of rotatable bonds is 9. The van der Waals surface area contributed by atoms with E-state index in [2.05, 4.69) is 176 Å². The highest BCUT2D eigenvalue weighted by atomic mass is 16.5. The quantitative estimate of drug-likeness (QED) is 0.0956. The van der Waals surface area contributed by atoms with Crippen LogP contribution in [0.2, 0.25) is 6.32 Å². The lowest BCUT2D eigenvalue weighted by molar-refractivity contribution is 0.269. The summed E-state index contributed by atoms with van der Waals surface area (Å²) >= 11 is 0. The van der Waals surface area contributed by atoms with Crippen molar-refractivity contribution in [3.05, 3.63) is 171 Å². The Labute approximate surface area is 350 Å². The molecule has 0 amide bonds. The van der Waals surface area contributed by atoms with Crippen molar-refractivity contribution >= 4 is 29.0 Å². The molecule has 4 aliphatic rings. The van der Waals surface area contributed by atoms with E-state index in [1.54, 1.807) is 5.57 Å². The molecule has 3 atom stereocenters. The molecule has 58 heavy (non-hydrogen) atoms. The molecule has 0 saturated heterocycles. The van der Waals surface area contributed by atoms with Crippen LogP contribution in [0.5, 0.6) is 5.75 Å². The minimum atomic E-state index is -0.0572. The second-order valence-electron chi connectivity index (χ2n) is 18.6. The number of para-hydroxylation sites is 2. The van der Waals surface area contributed by atoms with Crippen molar-refractivity contribution < 1.29 is 4.74 Å². The maximum Gasteiger partial charge on any atom is 0.214 e. The number of benzene rings is 4. The van der Waals surface area contributed by atoms with Gasteiger partial charge in [-0.25, -0.2) is 0 Å². The first-order valence-corrected chi connectivity index (χ1v) is 22.2. The highest BCUT2D eigenvalue weighted by molar-refractivity contribution is 6.86. The predicted molar refractivity (Wildman–Crippen MR) is 250 cm³/mol. The number of hydrogen-bond acceptors (Lipinski definition) is 2. The number of hydrogen-bond donors (Lipinski definition) is 0. The van der Waals surface area contributed by atoms with Gasteiger partial charge >= 0.3 is 0 Å². The summed E-state index contributed by atoms with van der Waals surface area (Å²) in [6.07, 6.45) is 23.6. The molecule has 0 bridgehead atoms. The third kappa shape index (κ3) is 7.74. The van der Waals surface area contributed by atoms with E-state index in [9.17, 15) is 0 Å². The second-order valence-corrected chi connectivity index (χ2v) is 18.6. The Hall–Kier alpha value is -4.76. The maximum absolute atomic E-state index is 6.58. The Kier molecular flexibility index (Phi) is 11.1. The van der Waals surface area contributed by atoms with Gasteiger partial charge in [0.25, 0.3) is 0 Å². The number of fused-ring (bicyclic) bond motifs is 2. The Balaban J connectivity index is 1.10. The van der Waals surface area contributed by atoms with Crippen molar-refractivity contribution in [3.63, 3.8) is 0 Å². The molecule has 1 heterocycles. The van der Waals surface area contributed by atoms with E-state index in [1.165, 1.54) is 86.0 Å². The monoisotopic (exact) mass is 766 g/mol. The van der Waals surface area contributed by atoms with Crippen molar-refractivity contribution in [2.75, 3.05) is 11.4 Å². The fraction of sp³-hybridized carbons (Fsp3) is 0.382. The van der Waals surface area contributed by atoms with Gasteiger partial charge in [0.05, 0.1) is 5.69 Å². The van der Waals surface area contributed by atoms with Crippen molar-refractivity contribution in [1.82, 2.24) is 0 Å². The molecule has 1 saturated carbocycles. The van der Waals surface area contributed by atoms with E-state index in [4.69, 9.17) is 4.74 Å². The molecular formula is C55H64BNO. The van der Waals surface area contributed by atoms with Crippen LogP contribution in [0.4, 0.5) is 11.4 Å². The first-order valence-electron chi connectivity index (χ1n) is 22.2. The van der Waals surface area contributed by atoms with Gasteiger partial charge in [-0.05, 0) is 158 Å². The normalized spacial score (nSPS) is 23.0. The van der Waals surface area contributed by atoms with Gasteiger partial charge in [-0.3, -0.25) is 0 Å². The van der Waals surface area contributed by atoms with Crippen molar-refractivity contribution in [2.24, 2.45) is 11.3 Å². The summed E-state index contributed by atoms with van der Waals surface area (Å²) in [7, 11) is 0. The zero-order valence-corrected chi connectivity index (χ0v) is 36.8. The van der Waals surface area contributed by atoms with Crippen LogP contribution in [0.15, 0.2) is 132 Å². The molecule has 0 N–H and O–H groups in total. The molecule has 3 unspecified atom stereocenters. The van der Waals surface area contributed by atoms with Gasteiger partial charge < -0.3 is 9.64 Å². The number of ether oxygens (including phenoxy) is 1. The van der Waals surface area contributed by atoms with Gasteiger partial charge in [0.1, 0.15) is 5.76 Å². The summed E-state index contributed by atoms with van der Waals surface area (Å²) in [5.41, 5.74) is 19.7. The van der Waals surface area contributed by atoms with Crippen LogP contribution < -0.4 is 20.6 Å². The molecule has 1 aliphatic heterocycles. The summed E-state index contributed by atoms with van der Waals surface area (Å²) in [6, 6.07) is 27.8. The number of nitrogens with zero attached hydrogens (tertiary/aromatic N) is 1. The van der Waals surface area contributed by atoms with Gasteiger partial charge in [0.15, 0.2) is 5.75 Å². The molecule has 4 aromatic carbocycles. The van der Waals surface area contributed by atoms with Crippen LogP contribution in [0, 0.1) is 52.9 Å². The Morgan fingerprint density at radius 1 is 0.879 bits per heavy atom. The van der Waals surface area contributed by atoms with Crippen molar-refractivity contribution in [1.29, 1.82) is 0 Å². The van der Waals surface area contributed by atoms with E-state index in [-0.39, 0.29) is 10.8 Å². The minimum absolute atomic E-state index is 0.0572. The van der Waals surface area contributed by atoms with E-state index >= 15 is 0 Å². The Morgan fingerprint density at radius 3 is 2.17 bits per heavy atom. The molecule has 298 valence electrons. The van der Waals surface area contributed by atoms with E-state index in [0.29, 0.717) is 12.6 Å². The van der Waals surface area contributed by atoms with Gasteiger partial charge in [-0.15, -0.1) is 0 Å². The average molecular weight is 766 g/mol. The van der Waals surface area contributed by atoms with Crippen LogP contribution >= 0.6 is 0 Å². The topological polar surface area (TPSA) is 12.5 Å². The van der Waals surface area contributed by atoms with Gasteiger partial charge in [0.2, 0.25) is 6.71 Å². The Morgan fingerprint density at radius 2 is 1.53 bits per heavy atom. The van der Waals surface area contributed by atoms with Crippen LogP contribution in [0.3, 0.4) is 0 Å². The molecule has 8 rings (SSSR count). The van der Waals surface area contributed by atoms with E-state index < -0.39 is 0 Å². The largest absolute Gasteiger partial charge is 0.455 e. The fourth-order valence-electron chi connectivity index (χ4n) is 11.5. The van der Waals surface area contributed by atoms with Gasteiger partial charge in [0, 0.05) is 17.6 Å². The lowest BCUT2D eigenvalue weighted by atomic mass is 9.36. The lowest BCUT2D eigenvalue weighted by Crippen LogP contribution is -2.47. The molecule has 4 aromatic rings. The summed E-state index contributed by atoms with van der Waals surface area (Å²) in [4.78, 5) is 2.48. The number of allylic oxidation sites excluding steroid dienone is 8. The SMILES string of the molecule is C/C=C(\C=C/CB(c1c(C)cc(C)cc1C)c1c(C)cc(C)cc1C)C1(C)C=C2CC2CC(CC)(c2ccc(N3CC4=C(C=CCCC4)Oc4ccccc43)cc2)C1. The first kappa shape index (κ1) is 40.0. The van der Waals surface area contributed by atoms with Crippen molar-refractivity contribution in [3.8, 4) is 5.75 Å². The standard InChI is InChI=1S/C55H64BNO/c1-10-46(19-17-27-56(52-39(5)28-37(3)29-40(52)6)53-41(7)30-38(4)31-42(53)8)54(9)33-44-32-45(44)34-55(11-2,36-54)47-23-25-48(26-24-47)57-35-43-18-13-12-14-21-50(43)58-51-22-16-15-20-49(51)57/h10,14-17,19-26,28-31,33,45H,11-13,18,27,32,34-36H2,1-9H3/b19-17-,46-10+. The molecule has 0 spiro atoms. The molecule has 2 nitrogen and oxygen atoms in total. The highest BCUT2D eigenvalue weighted by Gasteiger charge is 2.48. The zero-order chi connectivity index (χ0) is 40.8. The molecule has 1 fully saturated rings.